The number of carboxylic acids is 1. The van der Waals surface area contributed by atoms with Crippen LogP contribution >= 0.6 is 35.6 Å². The molecular formula is C26H28Cl3NO5. The van der Waals surface area contributed by atoms with Gasteiger partial charge in [0.25, 0.3) is 0 Å². The van der Waals surface area contributed by atoms with E-state index < -0.39 is 5.97 Å². The van der Waals surface area contributed by atoms with Crippen molar-refractivity contribution in [3.8, 4) is 17.2 Å². The zero-order valence-corrected chi connectivity index (χ0v) is 21.9. The summed E-state index contributed by atoms with van der Waals surface area (Å²) in [7, 11) is 0. The Morgan fingerprint density at radius 3 is 2.63 bits per heavy atom. The number of fused-ring (bicyclic) bond motifs is 1. The van der Waals surface area contributed by atoms with E-state index in [1.807, 2.05) is 32.0 Å². The Hall–Kier alpha value is -2.38. The number of ether oxygens (including phenoxy) is 3. The number of halogens is 3. The summed E-state index contributed by atoms with van der Waals surface area (Å²) in [5, 5.41) is 10.1. The van der Waals surface area contributed by atoms with Gasteiger partial charge >= 0.3 is 5.97 Å². The standard InChI is InChI=1S/C26H27Cl2NO5.ClH/c1-16(2)34-25-22(27)9-17(10-23(25)28)14-32-21-6-5-19-8-18(15-33-24(19)11-21)12-29-7-3-4-20(13-29)26(30)31;/h4-6,8-11,16H,3,7,12-15H2,1-2H3,(H,30,31);1H. The maximum Gasteiger partial charge on any atom is 0.332 e. The van der Waals surface area contributed by atoms with Gasteiger partial charge in [-0.2, -0.15) is 0 Å². The number of hydrogen-bond donors (Lipinski definition) is 1. The molecular weight excluding hydrogens is 513 g/mol. The van der Waals surface area contributed by atoms with Crippen LogP contribution in [0.1, 0.15) is 31.4 Å². The van der Waals surface area contributed by atoms with Crippen LogP contribution in [0.3, 0.4) is 0 Å². The molecule has 1 N–H and O–H groups in total. The highest BCUT2D eigenvalue weighted by atomic mass is 35.5. The van der Waals surface area contributed by atoms with E-state index in [0.717, 1.165) is 35.4 Å². The third-order valence-corrected chi connectivity index (χ3v) is 6.07. The lowest BCUT2D eigenvalue weighted by atomic mass is 10.0. The van der Waals surface area contributed by atoms with Gasteiger partial charge in [0.15, 0.2) is 5.75 Å². The minimum Gasteiger partial charge on any atom is -0.489 e. The third kappa shape index (κ3) is 7.07. The van der Waals surface area contributed by atoms with Crippen LogP contribution in [0, 0.1) is 0 Å². The average molecular weight is 541 g/mol. The van der Waals surface area contributed by atoms with Gasteiger partial charge in [0.05, 0.1) is 16.1 Å². The molecule has 2 aromatic rings. The van der Waals surface area contributed by atoms with Crippen LogP contribution in [-0.4, -0.2) is 48.3 Å². The Balaban J connectivity index is 0.00000342. The first-order valence-corrected chi connectivity index (χ1v) is 11.9. The lowest BCUT2D eigenvalue weighted by Gasteiger charge is -2.28. The first kappa shape index (κ1) is 27.2. The van der Waals surface area contributed by atoms with Crippen LogP contribution in [-0.2, 0) is 11.4 Å². The molecule has 2 aromatic carbocycles. The SMILES string of the molecule is CC(C)Oc1c(Cl)cc(COc2ccc3c(c2)OCC(CN2CCC=C(C(=O)O)C2)=C3)cc1Cl.Cl. The van der Waals surface area contributed by atoms with Gasteiger partial charge in [-0.15, -0.1) is 12.4 Å². The number of nitrogens with zero attached hydrogens (tertiary/aromatic N) is 1. The predicted molar refractivity (Wildman–Crippen MR) is 140 cm³/mol. The van der Waals surface area contributed by atoms with Crippen molar-refractivity contribution in [3.05, 3.63) is 68.7 Å². The largest absolute Gasteiger partial charge is 0.489 e. The molecule has 0 spiro atoms. The predicted octanol–water partition coefficient (Wildman–Crippen LogP) is 6.27. The van der Waals surface area contributed by atoms with Crippen LogP contribution < -0.4 is 14.2 Å². The van der Waals surface area contributed by atoms with Gasteiger partial charge in [-0.25, -0.2) is 4.79 Å². The fourth-order valence-electron chi connectivity index (χ4n) is 3.97. The number of aliphatic carboxylic acids is 1. The molecule has 0 radical (unpaired) electrons. The minimum absolute atomic E-state index is 0. The van der Waals surface area contributed by atoms with Gasteiger partial charge in [0.1, 0.15) is 24.7 Å². The van der Waals surface area contributed by atoms with Gasteiger partial charge in [0.2, 0.25) is 0 Å². The zero-order valence-electron chi connectivity index (χ0n) is 19.6. The molecule has 0 aromatic heterocycles. The van der Waals surface area contributed by atoms with E-state index in [9.17, 15) is 9.90 Å². The highest BCUT2D eigenvalue weighted by Crippen LogP contribution is 2.36. The molecule has 0 amide bonds. The van der Waals surface area contributed by atoms with E-state index in [4.69, 9.17) is 37.4 Å². The number of hydrogen-bond acceptors (Lipinski definition) is 5. The zero-order chi connectivity index (χ0) is 24.2. The number of carboxylic acid groups (broad SMARTS) is 1. The monoisotopic (exact) mass is 539 g/mol. The molecule has 0 bridgehead atoms. The molecule has 4 rings (SSSR count). The molecule has 2 heterocycles. The molecule has 0 saturated heterocycles. The van der Waals surface area contributed by atoms with E-state index in [1.165, 1.54) is 0 Å². The summed E-state index contributed by atoms with van der Waals surface area (Å²) in [6.07, 6.45) is 4.63. The van der Waals surface area contributed by atoms with Crippen molar-refractivity contribution in [1.29, 1.82) is 0 Å². The second-order valence-corrected chi connectivity index (χ2v) is 9.48. The summed E-state index contributed by atoms with van der Waals surface area (Å²) < 4.78 is 17.6. The maximum absolute atomic E-state index is 11.3. The van der Waals surface area contributed by atoms with E-state index in [-0.39, 0.29) is 18.5 Å². The molecule has 0 saturated carbocycles. The Labute approximate surface area is 221 Å². The van der Waals surface area contributed by atoms with Crippen LogP contribution in [0.25, 0.3) is 6.08 Å². The van der Waals surface area contributed by atoms with E-state index in [2.05, 4.69) is 11.0 Å². The van der Waals surface area contributed by atoms with Crippen molar-refractivity contribution in [2.75, 3.05) is 26.2 Å². The third-order valence-electron chi connectivity index (χ3n) is 5.51. The first-order chi connectivity index (χ1) is 16.3. The van der Waals surface area contributed by atoms with Crippen molar-refractivity contribution in [2.45, 2.75) is 33.0 Å². The highest BCUT2D eigenvalue weighted by Gasteiger charge is 2.20. The average Bonchev–Trinajstić information content (AvgIpc) is 2.80. The fraction of sp³-hybridized carbons (Fsp3) is 0.346. The molecule has 0 aliphatic carbocycles. The van der Waals surface area contributed by atoms with Gasteiger partial charge in [-0.1, -0.05) is 29.3 Å². The number of rotatable bonds is 8. The Morgan fingerprint density at radius 2 is 1.94 bits per heavy atom. The van der Waals surface area contributed by atoms with E-state index in [0.29, 0.717) is 53.4 Å². The maximum atomic E-state index is 11.3. The summed E-state index contributed by atoms with van der Waals surface area (Å²) in [4.78, 5) is 13.4. The Bertz CT molecular complexity index is 1120. The lowest BCUT2D eigenvalue weighted by molar-refractivity contribution is -0.133. The second kappa shape index (κ2) is 12.0. The second-order valence-electron chi connectivity index (χ2n) is 8.67. The van der Waals surface area contributed by atoms with Gasteiger partial charge in [0, 0.05) is 36.8 Å². The van der Waals surface area contributed by atoms with Crippen LogP contribution in [0.4, 0.5) is 0 Å². The molecule has 0 fully saturated rings. The molecule has 188 valence electrons. The Morgan fingerprint density at radius 1 is 1.20 bits per heavy atom. The molecule has 2 aliphatic heterocycles. The van der Waals surface area contributed by atoms with Crippen molar-refractivity contribution < 1.29 is 24.1 Å². The molecule has 2 aliphatic rings. The topological polar surface area (TPSA) is 68.2 Å². The van der Waals surface area contributed by atoms with Crippen LogP contribution in [0.15, 0.2) is 47.6 Å². The molecule has 35 heavy (non-hydrogen) atoms. The summed E-state index contributed by atoms with van der Waals surface area (Å²) >= 11 is 12.7. The molecule has 0 atom stereocenters. The molecule has 0 unspecified atom stereocenters. The highest BCUT2D eigenvalue weighted by molar-refractivity contribution is 6.37. The van der Waals surface area contributed by atoms with Gasteiger partial charge < -0.3 is 19.3 Å². The minimum atomic E-state index is -0.846. The summed E-state index contributed by atoms with van der Waals surface area (Å²) in [5.41, 5.74) is 3.38. The normalized spacial score (nSPS) is 15.3. The number of carbonyl (C=O) groups is 1. The van der Waals surface area contributed by atoms with E-state index in [1.54, 1.807) is 18.2 Å². The fourth-order valence-corrected chi connectivity index (χ4v) is 4.59. The first-order valence-electron chi connectivity index (χ1n) is 11.2. The number of benzene rings is 2. The van der Waals surface area contributed by atoms with Crippen molar-refractivity contribution in [3.63, 3.8) is 0 Å². The lowest BCUT2D eigenvalue weighted by Crippen LogP contribution is -2.34. The molecule has 9 heteroatoms. The van der Waals surface area contributed by atoms with E-state index >= 15 is 0 Å². The smallest absolute Gasteiger partial charge is 0.332 e. The quantitative estimate of drug-likeness (QED) is 0.425. The Kier molecular flexibility index (Phi) is 9.36. The van der Waals surface area contributed by atoms with Crippen LogP contribution in [0.5, 0.6) is 17.2 Å². The summed E-state index contributed by atoms with van der Waals surface area (Å²) in [6.45, 7) is 6.56. The van der Waals surface area contributed by atoms with Crippen LogP contribution in [0.2, 0.25) is 10.0 Å². The summed E-state index contributed by atoms with van der Waals surface area (Å²) in [6, 6.07) is 9.31. The summed E-state index contributed by atoms with van der Waals surface area (Å²) in [5.74, 6) is 1.06. The van der Waals surface area contributed by atoms with Gasteiger partial charge in [-0.3, -0.25) is 4.90 Å². The van der Waals surface area contributed by atoms with Crippen molar-refractivity contribution in [1.82, 2.24) is 4.90 Å². The molecule has 6 nitrogen and oxygen atoms in total. The van der Waals surface area contributed by atoms with Crippen molar-refractivity contribution >= 4 is 47.7 Å². The van der Waals surface area contributed by atoms with Crippen molar-refractivity contribution in [2.24, 2.45) is 0 Å². The van der Waals surface area contributed by atoms with Gasteiger partial charge in [-0.05, 0) is 61.7 Å².